The van der Waals surface area contributed by atoms with E-state index in [0.717, 1.165) is 12.1 Å². The first-order valence-electron chi connectivity index (χ1n) is 10.9. The third-order valence-corrected chi connectivity index (χ3v) is 8.70. The molecule has 13 heteroatoms. The van der Waals surface area contributed by atoms with E-state index in [0.29, 0.717) is 11.1 Å². The number of anilines is 3. The van der Waals surface area contributed by atoms with Gasteiger partial charge in [-0.15, -0.1) is 23.2 Å². The Labute approximate surface area is 246 Å². The zero-order chi connectivity index (χ0) is 28.1. The van der Waals surface area contributed by atoms with Crippen LogP contribution in [0, 0.1) is 24.5 Å². The molecular formula is C25H17Cl6F2N3O2. The minimum absolute atomic E-state index is 0.0525. The molecule has 0 aliphatic heterocycles. The highest BCUT2D eigenvalue weighted by Crippen LogP contribution is 2.65. The number of carbonyl (C=O) groups is 2. The summed E-state index contributed by atoms with van der Waals surface area (Å²) in [6.07, 6.45) is 0. The first-order chi connectivity index (χ1) is 17.8. The number of amides is 2. The van der Waals surface area contributed by atoms with Gasteiger partial charge in [0, 0.05) is 18.7 Å². The molecule has 2 amide bonds. The number of benzene rings is 3. The zero-order valence-electron chi connectivity index (χ0n) is 19.5. The van der Waals surface area contributed by atoms with E-state index in [1.807, 2.05) is 0 Å². The Morgan fingerprint density at radius 1 is 0.921 bits per heavy atom. The molecule has 0 aromatic heterocycles. The number of aryl methyl sites for hydroxylation is 1. The molecule has 2 atom stereocenters. The highest BCUT2D eigenvalue weighted by Gasteiger charge is 2.67. The lowest BCUT2D eigenvalue weighted by Gasteiger charge is -2.14. The molecule has 1 aliphatic rings. The Hall–Kier alpha value is -2.00. The zero-order valence-corrected chi connectivity index (χ0v) is 24.0. The Balaban J connectivity index is 1.57. The molecule has 3 aromatic carbocycles. The number of hydrogen-bond donors (Lipinski definition) is 3. The number of hydrogen-bond acceptors (Lipinski definition) is 3. The van der Waals surface area contributed by atoms with Gasteiger partial charge in [-0.1, -0.05) is 46.4 Å². The minimum atomic E-state index is -1.45. The van der Waals surface area contributed by atoms with Crippen molar-refractivity contribution in [2.45, 2.75) is 17.2 Å². The first-order valence-corrected chi connectivity index (χ1v) is 13.1. The molecule has 38 heavy (non-hydrogen) atoms. The smallest absolute Gasteiger partial charge is 0.257 e. The highest BCUT2D eigenvalue weighted by atomic mass is 35.5. The maximum Gasteiger partial charge on any atom is 0.257 e. The van der Waals surface area contributed by atoms with E-state index in [4.69, 9.17) is 69.6 Å². The third-order valence-electron chi connectivity index (χ3n) is 6.06. The van der Waals surface area contributed by atoms with Crippen LogP contribution in [0.4, 0.5) is 25.8 Å². The minimum Gasteiger partial charge on any atom is -0.383 e. The topological polar surface area (TPSA) is 70.2 Å². The fourth-order valence-electron chi connectivity index (χ4n) is 4.12. The van der Waals surface area contributed by atoms with Crippen molar-refractivity contribution < 1.29 is 18.4 Å². The molecule has 1 aliphatic carbocycles. The van der Waals surface area contributed by atoms with Crippen LogP contribution in [0.2, 0.25) is 20.1 Å². The first kappa shape index (κ1) is 29.0. The van der Waals surface area contributed by atoms with E-state index in [-0.39, 0.29) is 37.0 Å². The Morgan fingerprint density at radius 3 is 2.16 bits per heavy atom. The lowest BCUT2D eigenvalue weighted by atomic mass is 10.1. The average Bonchev–Trinajstić information content (AvgIpc) is 3.43. The molecule has 0 radical (unpaired) electrons. The molecule has 4 rings (SSSR count). The van der Waals surface area contributed by atoms with Crippen LogP contribution in [0.15, 0.2) is 36.4 Å². The molecule has 1 saturated carbocycles. The van der Waals surface area contributed by atoms with Gasteiger partial charge in [-0.3, -0.25) is 9.59 Å². The largest absolute Gasteiger partial charge is 0.383 e. The summed E-state index contributed by atoms with van der Waals surface area (Å²) in [6, 6.07) is 8.03. The second kappa shape index (κ2) is 10.9. The van der Waals surface area contributed by atoms with Crippen LogP contribution in [0.3, 0.4) is 0 Å². The third kappa shape index (κ3) is 5.37. The Bertz CT molecular complexity index is 1460. The molecule has 0 bridgehead atoms. The van der Waals surface area contributed by atoms with Crippen molar-refractivity contribution in [2.24, 2.45) is 5.92 Å². The number of carbonyl (C=O) groups excluding carboxylic acids is 2. The predicted octanol–water partition coefficient (Wildman–Crippen LogP) is 8.71. The molecule has 3 N–H and O–H groups in total. The standard InChI is InChI=1S/C25H17Cl6F2N3O2/c1-9-5-11(8-12(19(9)28)23(37)36-16-4-3-15(32)22(34-2)21(16)33)35-24(38)18-17(25(18,30)31)10-6-13(26)20(29)14(27)7-10/h3-8,17-18,34H,1-2H3,(H,35,38)(H,36,37)/t17-,18+/m0/s1. The van der Waals surface area contributed by atoms with Crippen LogP contribution in [0.1, 0.15) is 27.4 Å². The van der Waals surface area contributed by atoms with Gasteiger partial charge in [0.1, 0.15) is 15.8 Å². The molecule has 1 fully saturated rings. The monoisotopic (exact) mass is 639 g/mol. The van der Waals surface area contributed by atoms with E-state index in [1.54, 1.807) is 13.0 Å². The molecule has 3 aromatic rings. The van der Waals surface area contributed by atoms with Gasteiger partial charge in [0.15, 0.2) is 5.82 Å². The molecule has 0 spiro atoms. The van der Waals surface area contributed by atoms with Gasteiger partial charge >= 0.3 is 0 Å². The van der Waals surface area contributed by atoms with Crippen LogP contribution in [-0.2, 0) is 4.79 Å². The van der Waals surface area contributed by atoms with Gasteiger partial charge in [0.25, 0.3) is 5.91 Å². The van der Waals surface area contributed by atoms with Crippen LogP contribution in [0.5, 0.6) is 0 Å². The van der Waals surface area contributed by atoms with Crippen LogP contribution < -0.4 is 16.0 Å². The maximum absolute atomic E-state index is 14.6. The molecule has 5 nitrogen and oxygen atoms in total. The molecule has 0 heterocycles. The second-order valence-electron chi connectivity index (χ2n) is 8.56. The van der Waals surface area contributed by atoms with E-state index >= 15 is 0 Å². The van der Waals surface area contributed by atoms with Gasteiger partial charge in [0.2, 0.25) is 5.91 Å². The number of alkyl halides is 2. The van der Waals surface area contributed by atoms with Gasteiger partial charge in [-0.05, 0) is 54.4 Å². The quantitative estimate of drug-likeness (QED) is 0.186. The fourth-order valence-corrected chi connectivity index (χ4v) is 5.75. The van der Waals surface area contributed by atoms with Crippen molar-refractivity contribution in [2.75, 3.05) is 23.0 Å². The summed E-state index contributed by atoms with van der Waals surface area (Å²) < 4.78 is 26.9. The molecule has 200 valence electrons. The van der Waals surface area contributed by atoms with E-state index in [2.05, 4.69) is 16.0 Å². The second-order valence-corrected chi connectivity index (χ2v) is 11.6. The van der Waals surface area contributed by atoms with Gasteiger partial charge < -0.3 is 16.0 Å². The summed E-state index contributed by atoms with van der Waals surface area (Å²) >= 11 is 37.4. The molecule has 0 unspecified atom stereocenters. The number of halogens is 8. The lowest BCUT2D eigenvalue weighted by molar-refractivity contribution is -0.117. The Kier molecular flexibility index (Phi) is 8.30. The average molecular weight is 642 g/mol. The van der Waals surface area contributed by atoms with Crippen molar-refractivity contribution in [3.8, 4) is 0 Å². The molecular weight excluding hydrogens is 625 g/mol. The fraction of sp³-hybridized carbons (Fsp3) is 0.200. The van der Waals surface area contributed by atoms with Crippen LogP contribution in [0.25, 0.3) is 0 Å². The van der Waals surface area contributed by atoms with Crippen molar-refractivity contribution in [3.63, 3.8) is 0 Å². The van der Waals surface area contributed by atoms with E-state index in [9.17, 15) is 18.4 Å². The normalized spacial score (nSPS) is 17.6. The maximum atomic E-state index is 14.6. The summed E-state index contributed by atoms with van der Waals surface area (Å²) in [5, 5.41) is 8.08. The summed E-state index contributed by atoms with van der Waals surface area (Å²) in [7, 11) is 1.34. The van der Waals surface area contributed by atoms with Crippen molar-refractivity contribution in [3.05, 3.63) is 84.8 Å². The van der Waals surface area contributed by atoms with Crippen molar-refractivity contribution in [1.29, 1.82) is 0 Å². The van der Waals surface area contributed by atoms with Crippen LogP contribution >= 0.6 is 69.6 Å². The van der Waals surface area contributed by atoms with E-state index < -0.39 is 45.3 Å². The van der Waals surface area contributed by atoms with Crippen molar-refractivity contribution in [1.82, 2.24) is 0 Å². The summed E-state index contributed by atoms with van der Waals surface area (Å²) in [5.74, 6) is -4.62. The van der Waals surface area contributed by atoms with E-state index in [1.165, 1.54) is 25.2 Å². The number of rotatable bonds is 6. The lowest BCUT2D eigenvalue weighted by Crippen LogP contribution is -2.19. The predicted molar refractivity (Wildman–Crippen MR) is 151 cm³/mol. The summed E-state index contributed by atoms with van der Waals surface area (Å²) in [5.41, 5.74) is 0.488. The molecule has 0 saturated heterocycles. The number of nitrogens with one attached hydrogen (secondary N) is 3. The van der Waals surface area contributed by atoms with Crippen LogP contribution in [-0.4, -0.2) is 23.2 Å². The summed E-state index contributed by atoms with van der Waals surface area (Å²) in [6.45, 7) is 1.62. The Morgan fingerprint density at radius 2 is 1.55 bits per heavy atom. The van der Waals surface area contributed by atoms with Crippen molar-refractivity contribution >= 4 is 98.5 Å². The van der Waals surface area contributed by atoms with Gasteiger partial charge in [-0.2, -0.15) is 0 Å². The van der Waals surface area contributed by atoms with Gasteiger partial charge in [0.05, 0.1) is 37.3 Å². The highest BCUT2D eigenvalue weighted by molar-refractivity contribution is 6.54. The van der Waals surface area contributed by atoms with Gasteiger partial charge in [-0.25, -0.2) is 8.78 Å². The SMILES string of the molecule is CNc1c(F)ccc(NC(=O)c2cc(NC(=O)[C@H]3[C@H](c4cc(Cl)c(Cl)c(Cl)c4)C3(Cl)Cl)cc(C)c2Cl)c1F. The summed E-state index contributed by atoms with van der Waals surface area (Å²) in [4.78, 5) is 26.1.